The Morgan fingerprint density at radius 3 is 2.50 bits per heavy atom. The van der Waals surface area contributed by atoms with Gasteiger partial charge in [-0.3, -0.25) is 4.79 Å². The Hall–Kier alpha value is -2.16. The van der Waals surface area contributed by atoms with E-state index in [9.17, 15) is 9.18 Å². The average Bonchev–Trinajstić information content (AvgIpc) is 2.38. The summed E-state index contributed by atoms with van der Waals surface area (Å²) in [6.45, 7) is 0. The van der Waals surface area contributed by atoms with Gasteiger partial charge in [0.1, 0.15) is 5.82 Å². The van der Waals surface area contributed by atoms with Crippen molar-refractivity contribution in [1.82, 2.24) is 0 Å². The van der Waals surface area contributed by atoms with Crippen LogP contribution in [-0.4, -0.2) is 11.1 Å². The monoisotopic (exact) mass is 244 g/mol. The number of hydrogen-bond donors (Lipinski definition) is 1. The van der Waals surface area contributed by atoms with Crippen LogP contribution in [-0.2, 0) is 11.2 Å². The molecule has 0 spiro atoms. The fraction of sp³-hybridized carbons (Fsp3) is 0.133. The molecule has 2 aromatic rings. The van der Waals surface area contributed by atoms with Crippen molar-refractivity contribution in [3.63, 3.8) is 0 Å². The number of aliphatic carboxylic acids is 1. The lowest BCUT2D eigenvalue weighted by Gasteiger charge is -2.06. The third-order valence-corrected chi connectivity index (χ3v) is 2.74. The normalized spacial score (nSPS) is 10.3. The van der Waals surface area contributed by atoms with Crippen molar-refractivity contribution < 1.29 is 14.3 Å². The van der Waals surface area contributed by atoms with Gasteiger partial charge in [-0.15, -0.1) is 0 Å². The molecule has 0 aromatic heterocycles. The third kappa shape index (κ3) is 2.94. The predicted octanol–water partition coefficient (Wildman–Crippen LogP) is 3.51. The minimum atomic E-state index is -0.847. The van der Waals surface area contributed by atoms with Crippen LogP contribution in [0.25, 0.3) is 11.1 Å². The van der Waals surface area contributed by atoms with Crippen LogP contribution in [0.1, 0.15) is 12.0 Å². The van der Waals surface area contributed by atoms with Crippen LogP contribution in [0.3, 0.4) is 0 Å². The Bertz CT molecular complexity index is 550. The van der Waals surface area contributed by atoms with Gasteiger partial charge in [-0.1, -0.05) is 36.4 Å². The molecule has 1 N–H and O–H groups in total. The molecule has 0 aliphatic rings. The molecule has 0 fully saturated rings. The molecule has 92 valence electrons. The molecular weight excluding hydrogens is 231 g/mol. The summed E-state index contributed by atoms with van der Waals surface area (Å²) in [5, 5.41) is 8.64. The zero-order valence-corrected chi connectivity index (χ0v) is 9.77. The molecule has 0 amide bonds. The molecule has 18 heavy (non-hydrogen) atoms. The standard InChI is InChI=1S/C15H13FO2/c16-14-8-6-11(7-9-15(17)18)10-13(14)12-4-2-1-3-5-12/h1-6,8,10H,7,9H2,(H,17,18). The van der Waals surface area contributed by atoms with Gasteiger partial charge in [-0.05, 0) is 29.7 Å². The molecule has 0 unspecified atom stereocenters. The van der Waals surface area contributed by atoms with Gasteiger partial charge >= 0.3 is 5.97 Å². The summed E-state index contributed by atoms with van der Waals surface area (Å²) in [6.07, 6.45) is 0.468. The number of carboxylic acids is 1. The maximum atomic E-state index is 13.7. The first-order chi connectivity index (χ1) is 8.66. The summed E-state index contributed by atoms with van der Waals surface area (Å²) in [7, 11) is 0. The topological polar surface area (TPSA) is 37.3 Å². The molecule has 3 heteroatoms. The van der Waals surface area contributed by atoms with Crippen LogP contribution < -0.4 is 0 Å². The zero-order valence-electron chi connectivity index (χ0n) is 9.77. The highest BCUT2D eigenvalue weighted by atomic mass is 19.1. The highest BCUT2D eigenvalue weighted by molar-refractivity contribution is 5.68. The second kappa shape index (κ2) is 5.45. The summed E-state index contributed by atoms with van der Waals surface area (Å²) < 4.78 is 13.7. The quantitative estimate of drug-likeness (QED) is 0.893. The van der Waals surface area contributed by atoms with Gasteiger partial charge in [-0.25, -0.2) is 4.39 Å². The van der Waals surface area contributed by atoms with Gasteiger partial charge in [0.05, 0.1) is 0 Å². The van der Waals surface area contributed by atoms with Crippen LogP contribution in [0.4, 0.5) is 4.39 Å². The van der Waals surface area contributed by atoms with Gasteiger partial charge in [0.2, 0.25) is 0 Å². The van der Waals surface area contributed by atoms with Crippen LogP contribution in [0.2, 0.25) is 0 Å². The van der Waals surface area contributed by atoms with Crippen LogP contribution in [0.5, 0.6) is 0 Å². The number of carboxylic acid groups (broad SMARTS) is 1. The van der Waals surface area contributed by atoms with E-state index in [1.54, 1.807) is 12.1 Å². The Morgan fingerprint density at radius 1 is 1.11 bits per heavy atom. The lowest BCUT2D eigenvalue weighted by molar-refractivity contribution is -0.136. The van der Waals surface area contributed by atoms with E-state index in [1.165, 1.54) is 6.07 Å². The molecule has 2 rings (SSSR count). The molecular formula is C15H13FO2. The lowest BCUT2D eigenvalue weighted by Crippen LogP contribution is -1.98. The smallest absolute Gasteiger partial charge is 0.303 e. The van der Waals surface area contributed by atoms with E-state index >= 15 is 0 Å². The van der Waals surface area contributed by atoms with E-state index < -0.39 is 5.97 Å². The van der Waals surface area contributed by atoms with Gasteiger partial charge in [0.25, 0.3) is 0 Å². The van der Waals surface area contributed by atoms with Crippen LogP contribution in [0, 0.1) is 5.82 Å². The van der Waals surface area contributed by atoms with Gasteiger partial charge in [-0.2, -0.15) is 0 Å². The van der Waals surface area contributed by atoms with E-state index in [1.807, 2.05) is 30.3 Å². The molecule has 0 atom stereocenters. The van der Waals surface area contributed by atoms with Crippen molar-refractivity contribution in [2.75, 3.05) is 0 Å². The maximum Gasteiger partial charge on any atom is 0.303 e. The van der Waals surface area contributed by atoms with Crippen molar-refractivity contribution in [2.24, 2.45) is 0 Å². The zero-order chi connectivity index (χ0) is 13.0. The number of hydrogen-bond acceptors (Lipinski definition) is 1. The molecule has 0 heterocycles. The predicted molar refractivity (Wildman–Crippen MR) is 67.8 cm³/mol. The number of carbonyl (C=O) groups is 1. The number of halogens is 1. The highest BCUT2D eigenvalue weighted by Crippen LogP contribution is 2.24. The molecule has 0 radical (unpaired) electrons. The largest absolute Gasteiger partial charge is 0.481 e. The Kier molecular flexibility index (Phi) is 3.72. The summed E-state index contributed by atoms with van der Waals surface area (Å²) >= 11 is 0. The van der Waals surface area contributed by atoms with Crippen molar-refractivity contribution in [3.8, 4) is 11.1 Å². The maximum absolute atomic E-state index is 13.7. The SMILES string of the molecule is O=C(O)CCc1ccc(F)c(-c2ccccc2)c1. The van der Waals surface area contributed by atoms with Gasteiger partial charge < -0.3 is 5.11 Å². The molecule has 2 nitrogen and oxygen atoms in total. The van der Waals surface area contributed by atoms with Crippen molar-refractivity contribution in [1.29, 1.82) is 0 Å². The van der Waals surface area contributed by atoms with Crippen molar-refractivity contribution in [2.45, 2.75) is 12.8 Å². The first-order valence-electron chi connectivity index (χ1n) is 5.72. The van der Waals surface area contributed by atoms with Gasteiger partial charge in [0, 0.05) is 12.0 Å². The minimum Gasteiger partial charge on any atom is -0.481 e. The van der Waals surface area contributed by atoms with Crippen LogP contribution in [0.15, 0.2) is 48.5 Å². The van der Waals surface area contributed by atoms with E-state index in [0.29, 0.717) is 12.0 Å². The summed E-state index contributed by atoms with van der Waals surface area (Å²) in [5.41, 5.74) is 2.14. The fourth-order valence-corrected chi connectivity index (χ4v) is 1.82. The van der Waals surface area contributed by atoms with Gasteiger partial charge in [0.15, 0.2) is 0 Å². The lowest BCUT2D eigenvalue weighted by atomic mass is 10.0. The van der Waals surface area contributed by atoms with Crippen molar-refractivity contribution in [3.05, 3.63) is 59.9 Å². The summed E-state index contributed by atoms with van der Waals surface area (Å²) in [5.74, 6) is -1.14. The van der Waals surface area contributed by atoms with E-state index in [4.69, 9.17) is 5.11 Å². The van der Waals surface area contributed by atoms with E-state index in [0.717, 1.165) is 11.1 Å². The number of rotatable bonds is 4. The Balaban J connectivity index is 2.30. The first kappa shape index (κ1) is 12.3. The van der Waals surface area contributed by atoms with Crippen molar-refractivity contribution >= 4 is 5.97 Å². The molecule has 0 bridgehead atoms. The van der Waals surface area contributed by atoms with Crippen LogP contribution >= 0.6 is 0 Å². The molecule has 2 aromatic carbocycles. The highest BCUT2D eigenvalue weighted by Gasteiger charge is 2.07. The Labute approximate surface area is 105 Å². The second-order valence-corrected chi connectivity index (χ2v) is 4.07. The molecule has 0 saturated heterocycles. The average molecular weight is 244 g/mol. The fourth-order valence-electron chi connectivity index (χ4n) is 1.82. The Morgan fingerprint density at radius 2 is 1.83 bits per heavy atom. The minimum absolute atomic E-state index is 0.0554. The molecule has 0 aliphatic carbocycles. The summed E-state index contributed by atoms with van der Waals surface area (Å²) in [6, 6.07) is 14.0. The second-order valence-electron chi connectivity index (χ2n) is 4.07. The number of benzene rings is 2. The first-order valence-corrected chi connectivity index (χ1v) is 5.72. The van der Waals surface area contributed by atoms with E-state index in [2.05, 4.69) is 0 Å². The summed E-state index contributed by atoms with van der Waals surface area (Å²) in [4.78, 5) is 10.5. The number of aryl methyl sites for hydroxylation is 1. The third-order valence-electron chi connectivity index (χ3n) is 2.74. The molecule has 0 aliphatic heterocycles. The molecule has 0 saturated carbocycles. The van der Waals surface area contributed by atoms with E-state index in [-0.39, 0.29) is 12.2 Å².